The summed E-state index contributed by atoms with van der Waals surface area (Å²) >= 11 is 0. The summed E-state index contributed by atoms with van der Waals surface area (Å²) in [5, 5.41) is 3.26. The van der Waals surface area contributed by atoms with Crippen LogP contribution in [0.2, 0.25) is 0 Å². The van der Waals surface area contributed by atoms with E-state index >= 15 is 0 Å². The highest BCUT2D eigenvalue weighted by molar-refractivity contribution is 5.24. The normalized spacial score (nSPS) is 10.6. The minimum absolute atomic E-state index is 0.129. The molecule has 0 heterocycles. The van der Waals surface area contributed by atoms with Crippen molar-refractivity contribution < 1.29 is 13.5 Å². The fourth-order valence-electron chi connectivity index (χ4n) is 1.66. The van der Waals surface area contributed by atoms with Crippen LogP contribution in [0.15, 0.2) is 18.2 Å². The third-order valence-electron chi connectivity index (χ3n) is 2.65. The van der Waals surface area contributed by atoms with Gasteiger partial charge in [-0.05, 0) is 38.1 Å². The molecule has 0 aliphatic carbocycles. The minimum Gasteiger partial charge on any atom is -0.491 e. The third kappa shape index (κ3) is 5.96. The molecule has 1 aromatic carbocycles. The van der Waals surface area contributed by atoms with Crippen molar-refractivity contribution in [3.63, 3.8) is 0 Å². The number of ether oxygens (including phenoxy) is 1. The van der Waals surface area contributed by atoms with Crippen LogP contribution in [-0.4, -0.2) is 19.7 Å². The summed E-state index contributed by atoms with van der Waals surface area (Å²) in [6.45, 7) is 4.62. The molecule has 0 spiro atoms. The zero-order chi connectivity index (χ0) is 13.2. The van der Waals surface area contributed by atoms with Crippen molar-refractivity contribution in [3.8, 4) is 5.75 Å². The molecule has 4 heteroatoms. The summed E-state index contributed by atoms with van der Waals surface area (Å²) < 4.78 is 31.1. The number of rotatable bonds is 9. The summed E-state index contributed by atoms with van der Waals surface area (Å²) in [6, 6.07) is 3.37. The lowest BCUT2D eigenvalue weighted by atomic mass is 10.2. The number of halogens is 2. The Morgan fingerprint density at radius 2 is 1.89 bits per heavy atom. The largest absolute Gasteiger partial charge is 0.491 e. The predicted molar refractivity (Wildman–Crippen MR) is 68.9 cm³/mol. The van der Waals surface area contributed by atoms with E-state index in [-0.39, 0.29) is 5.75 Å². The van der Waals surface area contributed by atoms with Gasteiger partial charge in [-0.2, -0.15) is 0 Å². The molecule has 0 aliphatic heterocycles. The second-order valence-electron chi connectivity index (χ2n) is 4.19. The molecule has 0 atom stereocenters. The Labute approximate surface area is 107 Å². The molecule has 0 unspecified atom stereocenters. The van der Waals surface area contributed by atoms with Gasteiger partial charge in [0, 0.05) is 6.07 Å². The molecule has 0 fully saturated rings. The van der Waals surface area contributed by atoms with Gasteiger partial charge in [0.25, 0.3) is 0 Å². The van der Waals surface area contributed by atoms with Gasteiger partial charge in [0.05, 0.1) is 6.61 Å². The standard InChI is InChI=1S/C14H21F2NO/c1-2-17-9-5-3-4-6-10-18-14-8-7-12(15)11-13(14)16/h7-8,11,17H,2-6,9-10H2,1H3. The molecule has 0 bridgehead atoms. The number of hydrogen-bond acceptors (Lipinski definition) is 2. The molecule has 102 valence electrons. The van der Waals surface area contributed by atoms with E-state index in [1.807, 2.05) is 0 Å². The fraction of sp³-hybridized carbons (Fsp3) is 0.571. The van der Waals surface area contributed by atoms with E-state index in [2.05, 4.69) is 12.2 Å². The summed E-state index contributed by atoms with van der Waals surface area (Å²) in [7, 11) is 0. The number of benzene rings is 1. The predicted octanol–water partition coefficient (Wildman–Crippen LogP) is 3.51. The third-order valence-corrected chi connectivity index (χ3v) is 2.65. The molecule has 2 nitrogen and oxygen atoms in total. The van der Waals surface area contributed by atoms with Crippen LogP contribution in [0, 0.1) is 11.6 Å². The fourth-order valence-corrected chi connectivity index (χ4v) is 1.66. The number of nitrogens with one attached hydrogen (secondary N) is 1. The van der Waals surface area contributed by atoms with Crippen molar-refractivity contribution in [2.45, 2.75) is 32.6 Å². The first-order valence-corrected chi connectivity index (χ1v) is 6.52. The van der Waals surface area contributed by atoms with Crippen LogP contribution in [0.3, 0.4) is 0 Å². The molecule has 0 saturated carbocycles. The molecule has 0 amide bonds. The highest BCUT2D eigenvalue weighted by atomic mass is 19.1. The van der Waals surface area contributed by atoms with Gasteiger partial charge in [0.15, 0.2) is 11.6 Å². The molecule has 0 saturated heterocycles. The summed E-state index contributed by atoms with van der Waals surface area (Å²) in [6.07, 6.45) is 4.25. The maximum absolute atomic E-state index is 13.2. The van der Waals surface area contributed by atoms with Crippen LogP contribution in [0.5, 0.6) is 5.75 Å². The highest BCUT2D eigenvalue weighted by Crippen LogP contribution is 2.17. The molecule has 0 aromatic heterocycles. The molecule has 1 rings (SSSR count). The van der Waals surface area contributed by atoms with Gasteiger partial charge < -0.3 is 10.1 Å². The average Bonchev–Trinajstić information content (AvgIpc) is 2.35. The lowest BCUT2D eigenvalue weighted by Gasteiger charge is -2.07. The van der Waals surface area contributed by atoms with Gasteiger partial charge in [0.2, 0.25) is 0 Å². The summed E-state index contributed by atoms with van der Waals surface area (Å²) in [5.41, 5.74) is 0. The van der Waals surface area contributed by atoms with E-state index in [1.54, 1.807) is 0 Å². The van der Waals surface area contributed by atoms with Gasteiger partial charge in [-0.3, -0.25) is 0 Å². The zero-order valence-corrected chi connectivity index (χ0v) is 10.8. The second kappa shape index (κ2) is 8.86. The number of hydrogen-bond donors (Lipinski definition) is 1. The first kappa shape index (κ1) is 14.9. The van der Waals surface area contributed by atoms with Crippen LogP contribution in [-0.2, 0) is 0 Å². The molecule has 0 radical (unpaired) electrons. The van der Waals surface area contributed by atoms with Gasteiger partial charge >= 0.3 is 0 Å². The van der Waals surface area contributed by atoms with E-state index < -0.39 is 11.6 Å². The van der Waals surface area contributed by atoms with Crippen molar-refractivity contribution in [2.75, 3.05) is 19.7 Å². The Bertz CT molecular complexity index is 345. The first-order valence-electron chi connectivity index (χ1n) is 6.52. The van der Waals surface area contributed by atoms with Crippen LogP contribution in [0.1, 0.15) is 32.6 Å². The Balaban J connectivity index is 2.07. The topological polar surface area (TPSA) is 21.3 Å². The van der Waals surface area contributed by atoms with Crippen LogP contribution in [0.4, 0.5) is 8.78 Å². The zero-order valence-electron chi connectivity index (χ0n) is 10.8. The van der Waals surface area contributed by atoms with Gasteiger partial charge in [-0.1, -0.05) is 19.8 Å². The first-order chi connectivity index (χ1) is 8.74. The average molecular weight is 257 g/mol. The Hall–Kier alpha value is -1.16. The van der Waals surface area contributed by atoms with E-state index in [0.29, 0.717) is 6.61 Å². The monoisotopic (exact) mass is 257 g/mol. The van der Waals surface area contributed by atoms with Crippen molar-refractivity contribution in [1.82, 2.24) is 5.32 Å². The molecular formula is C14H21F2NO. The van der Waals surface area contributed by atoms with E-state index in [4.69, 9.17) is 4.74 Å². The Morgan fingerprint density at radius 3 is 2.61 bits per heavy atom. The van der Waals surface area contributed by atoms with Crippen molar-refractivity contribution >= 4 is 0 Å². The van der Waals surface area contributed by atoms with Gasteiger partial charge in [-0.25, -0.2) is 8.78 Å². The minimum atomic E-state index is -0.637. The van der Waals surface area contributed by atoms with Crippen molar-refractivity contribution in [1.29, 1.82) is 0 Å². The Kier molecular flexibility index (Phi) is 7.34. The van der Waals surface area contributed by atoms with Crippen LogP contribution in [0.25, 0.3) is 0 Å². The van der Waals surface area contributed by atoms with E-state index in [9.17, 15) is 8.78 Å². The van der Waals surface area contributed by atoms with Crippen LogP contribution >= 0.6 is 0 Å². The highest BCUT2D eigenvalue weighted by Gasteiger charge is 2.04. The lowest BCUT2D eigenvalue weighted by molar-refractivity contribution is 0.289. The smallest absolute Gasteiger partial charge is 0.167 e. The lowest BCUT2D eigenvalue weighted by Crippen LogP contribution is -2.13. The summed E-state index contributed by atoms with van der Waals surface area (Å²) in [5.74, 6) is -1.09. The maximum Gasteiger partial charge on any atom is 0.167 e. The molecule has 1 aromatic rings. The van der Waals surface area contributed by atoms with Gasteiger partial charge in [0.1, 0.15) is 5.82 Å². The molecule has 0 aliphatic rings. The Morgan fingerprint density at radius 1 is 1.11 bits per heavy atom. The molecule has 18 heavy (non-hydrogen) atoms. The second-order valence-corrected chi connectivity index (χ2v) is 4.19. The van der Waals surface area contributed by atoms with E-state index in [1.165, 1.54) is 12.1 Å². The maximum atomic E-state index is 13.2. The number of unbranched alkanes of at least 4 members (excludes halogenated alkanes) is 3. The molecule has 1 N–H and O–H groups in total. The SMILES string of the molecule is CCNCCCCCCOc1ccc(F)cc1F. The van der Waals surface area contributed by atoms with Gasteiger partial charge in [-0.15, -0.1) is 0 Å². The van der Waals surface area contributed by atoms with Crippen LogP contribution < -0.4 is 10.1 Å². The quantitative estimate of drug-likeness (QED) is 0.683. The summed E-state index contributed by atoms with van der Waals surface area (Å²) in [4.78, 5) is 0. The van der Waals surface area contributed by atoms with E-state index in [0.717, 1.165) is 44.8 Å². The molecular weight excluding hydrogens is 236 g/mol. The van der Waals surface area contributed by atoms with Crippen molar-refractivity contribution in [2.24, 2.45) is 0 Å². The van der Waals surface area contributed by atoms with Crippen molar-refractivity contribution in [3.05, 3.63) is 29.8 Å².